The van der Waals surface area contributed by atoms with Gasteiger partial charge in [0.1, 0.15) is 12.2 Å². The SMILES string of the molecule is CCCC(=O)NCOC(COC)Sc1sccc1Br. The molecule has 4 nitrogen and oxygen atoms in total. The third-order valence-electron chi connectivity index (χ3n) is 2.14. The number of rotatable bonds is 9. The molecule has 0 radical (unpaired) electrons. The molecule has 1 atom stereocenters. The highest BCUT2D eigenvalue weighted by Gasteiger charge is 2.14. The van der Waals surface area contributed by atoms with Gasteiger partial charge in [-0.25, -0.2) is 0 Å². The summed E-state index contributed by atoms with van der Waals surface area (Å²) in [5, 5.41) is 4.74. The Morgan fingerprint density at radius 3 is 3.00 bits per heavy atom. The summed E-state index contributed by atoms with van der Waals surface area (Å²) in [6, 6.07) is 2.00. The number of halogens is 1. The minimum absolute atomic E-state index is 0.0148. The highest BCUT2D eigenvalue weighted by molar-refractivity contribution is 9.10. The van der Waals surface area contributed by atoms with E-state index in [1.54, 1.807) is 30.2 Å². The molecule has 1 aromatic heterocycles. The zero-order chi connectivity index (χ0) is 14.1. The Bertz CT molecular complexity index is 387. The summed E-state index contributed by atoms with van der Waals surface area (Å²) in [5.41, 5.74) is -0.137. The second-order valence-electron chi connectivity index (χ2n) is 3.72. The second kappa shape index (κ2) is 9.77. The van der Waals surface area contributed by atoms with Gasteiger partial charge < -0.3 is 14.8 Å². The number of ether oxygens (including phenoxy) is 2. The van der Waals surface area contributed by atoms with Crippen molar-refractivity contribution in [1.29, 1.82) is 0 Å². The number of carbonyl (C=O) groups is 1. The smallest absolute Gasteiger partial charge is 0.221 e. The first-order chi connectivity index (χ1) is 9.17. The number of nitrogens with one attached hydrogen (secondary N) is 1. The molecule has 0 aliphatic heterocycles. The van der Waals surface area contributed by atoms with Crippen LogP contribution in [0.1, 0.15) is 19.8 Å². The number of carbonyl (C=O) groups excluding carboxylic acids is 1. The Morgan fingerprint density at radius 2 is 2.42 bits per heavy atom. The van der Waals surface area contributed by atoms with Crippen LogP contribution in [0.25, 0.3) is 0 Å². The number of hydrogen-bond acceptors (Lipinski definition) is 5. The van der Waals surface area contributed by atoms with Gasteiger partial charge in [-0.3, -0.25) is 4.79 Å². The van der Waals surface area contributed by atoms with Crippen molar-refractivity contribution in [3.63, 3.8) is 0 Å². The molecule has 0 aromatic carbocycles. The molecule has 0 spiro atoms. The monoisotopic (exact) mass is 367 g/mol. The van der Waals surface area contributed by atoms with Crippen molar-refractivity contribution in [2.24, 2.45) is 0 Å². The molecule has 1 N–H and O–H groups in total. The van der Waals surface area contributed by atoms with Crippen LogP contribution in [0.4, 0.5) is 0 Å². The lowest BCUT2D eigenvalue weighted by atomic mass is 10.3. The third kappa shape index (κ3) is 6.76. The van der Waals surface area contributed by atoms with Gasteiger partial charge >= 0.3 is 0 Å². The zero-order valence-corrected chi connectivity index (χ0v) is 14.2. The molecule has 1 rings (SSSR count). The van der Waals surface area contributed by atoms with Gasteiger partial charge in [0.25, 0.3) is 0 Å². The molecular formula is C12H18BrNO3S2. The van der Waals surface area contributed by atoms with Crippen LogP contribution in [0.5, 0.6) is 0 Å². The Balaban J connectivity index is 2.36. The Hall–Kier alpha value is -0.0800. The summed E-state index contributed by atoms with van der Waals surface area (Å²) in [5.74, 6) is 0.0148. The molecule has 0 fully saturated rings. The van der Waals surface area contributed by atoms with Crippen LogP contribution < -0.4 is 5.32 Å². The van der Waals surface area contributed by atoms with Gasteiger partial charge in [0.15, 0.2) is 0 Å². The van der Waals surface area contributed by atoms with Gasteiger partial charge in [0, 0.05) is 18.0 Å². The Labute approximate surface area is 130 Å². The molecule has 1 heterocycles. The third-order valence-corrected chi connectivity index (χ3v) is 5.58. The van der Waals surface area contributed by atoms with E-state index in [1.165, 1.54) is 0 Å². The van der Waals surface area contributed by atoms with Crippen molar-refractivity contribution < 1.29 is 14.3 Å². The van der Waals surface area contributed by atoms with Gasteiger partial charge in [-0.05, 0) is 33.8 Å². The predicted octanol–water partition coefficient (Wildman–Crippen LogP) is 3.47. The van der Waals surface area contributed by atoms with Crippen LogP contribution in [-0.2, 0) is 14.3 Å². The number of methoxy groups -OCH3 is 1. The van der Waals surface area contributed by atoms with E-state index in [9.17, 15) is 4.79 Å². The van der Waals surface area contributed by atoms with Gasteiger partial charge in [-0.1, -0.05) is 18.7 Å². The standard InChI is InChI=1S/C12H18BrNO3S2/c1-3-4-10(15)14-8-17-11(7-16-2)19-12-9(13)5-6-18-12/h5-6,11H,3-4,7-8H2,1-2H3,(H,14,15). The lowest BCUT2D eigenvalue weighted by Gasteiger charge is -2.16. The first-order valence-electron chi connectivity index (χ1n) is 5.94. The molecule has 19 heavy (non-hydrogen) atoms. The Morgan fingerprint density at radius 1 is 1.63 bits per heavy atom. The summed E-state index contributed by atoms with van der Waals surface area (Å²) in [7, 11) is 1.63. The number of amides is 1. The van der Waals surface area contributed by atoms with Crippen molar-refractivity contribution in [3.8, 4) is 0 Å². The second-order valence-corrected chi connectivity index (χ2v) is 6.92. The average molecular weight is 368 g/mol. The molecule has 0 saturated carbocycles. The molecule has 1 amide bonds. The van der Waals surface area contributed by atoms with E-state index in [0.717, 1.165) is 15.1 Å². The van der Waals surface area contributed by atoms with E-state index in [4.69, 9.17) is 9.47 Å². The number of thioether (sulfide) groups is 1. The van der Waals surface area contributed by atoms with E-state index in [-0.39, 0.29) is 18.1 Å². The molecule has 7 heteroatoms. The fourth-order valence-electron chi connectivity index (χ4n) is 1.27. The van der Waals surface area contributed by atoms with Crippen LogP contribution >= 0.6 is 39.0 Å². The summed E-state index contributed by atoms with van der Waals surface area (Å²) in [6.45, 7) is 2.65. The summed E-state index contributed by atoms with van der Waals surface area (Å²) in [6.07, 6.45) is 1.37. The molecule has 0 aliphatic carbocycles. The largest absolute Gasteiger partial charge is 0.381 e. The molecule has 0 aliphatic rings. The van der Waals surface area contributed by atoms with Crippen molar-refractivity contribution >= 4 is 44.9 Å². The number of hydrogen-bond donors (Lipinski definition) is 1. The minimum Gasteiger partial charge on any atom is -0.381 e. The van der Waals surface area contributed by atoms with Gasteiger partial charge in [0.2, 0.25) is 5.91 Å². The van der Waals surface area contributed by atoms with Crippen molar-refractivity contribution in [3.05, 3.63) is 15.9 Å². The van der Waals surface area contributed by atoms with Crippen LogP contribution in [0, 0.1) is 0 Å². The maximum Gasteiger partial charge on any atom is 0.221 e. The average Bonchev–Trinajstić information content (AvgIpc) is 2.75. The van der Waals surface area contributed by atoms with Crippen molar-refractivity contribution in [1.82, 2.24) is 5.32 Å². The fourth-order valence-corrected chi connectivity index (χ4v) is 4.11. The van der Waals surface area contributed by atoms with Crippen molar-refractivity contribution in [2.75, 3.05) is 20.4 Å². The minimum atomic E-state index is -0.137. The molecule has 1 aromatic rings. The fraction of sp³-hybridized carbons (Fsp3) is 0.583. The molecule has 108 valence electrons. The normalized spacial score (nSPS) is 12.4. The van der Waals surface area contributed by atoms with Gasteiger partial charge in [-0.15, -0.1) is 11.3 Å². The molecule has 0 bridgehead atoms. The van der Waals surface area contributed by atoms with E-state index in [1.807, 2.05) is 18.4 Å². The first-order valence-corrected chi connectivity index (χ1v) is 8.49. The Kier molecular flexibility index (Phi) is 8.72. The molecular weight excluding hydrogens is 350 g/mol. The molecule has 1 unspecified atom stereocenters. The topological polar surface area (TPSA) is 47.6 Å². The summed E-state index contributed by atoms with van der Waals surface area (Å²) < 4.78 is 12.9. The lowest BCUT2D eigenvalue weighted by molar-refractivity contribution is -0.123. The van der Waals surface area contributed by atoms with Crippen LogP contribution in [0.3, 0.4) is 0 Å². The number of thiophene rings is 1. The predicted molar refractivity (Wildman–Crippen MR) is 82.5 cm³/mol. The summed E-state index contributed by atoms with van der Waals surface area (Å²) >= 11 is 6.71. The summed E-state index contributed by atoms with van der Waals surface area (Å²) in [4.78, 5) is 11.3. The van der Waals surface area contributed by atoms with E-state index in [0.29, 0.717) is 13.0 Å². The van der Waals surface area contributed by atoms with Gasteiger partial charge in [0.05, 0.1) is 10.8 Å². The lowest BCUT2D eigenvalue weighted by Crippen LogP contribution is -2.29. The quantitative estimate of drug-likeness (QED) is 0.536. The van der Waals surface area contributed by atoms with Crippen LogP contribution in [0.15, 0.2) is 20.1 Å². The van der Waals surface area contributed by atoms with E-state index < -0.39 is 0 Å². The molecule has 0 saturated heterocycles. The first kappa shape index (κ1) is 17.0. The van der Waals surface area contributed by atoms with E-state index in [2.05, 4.69) is 21.2 Å². The zero-order valence-electron chi connectivity index (χ0n) is 11.0. The highest BCUT2D eigenvalue weighted by Crippen LogP contribution is 2.35. The highest BCUT2D eigenvalue weighted by atomic mass is 79.9. The van der Waals surface area contributed by atoms with Crippen LogP contribution in [0.2, 0.25) is 0 Å². The van der Waals surface area contributed by atoms with Crippen molar-refractivity contribution in [2.45, 2.75) is 29.4 Å². The maximum absolute atomic E-state index is 11.3. The maximum atomic E-state index is 11.3. The van der Waals surface area contributed by atoms with Crippen LogP contribution in [-0.4, -0.2) is 31.8 Å². The van der Waals surface area contributed by atoms with Gasteiger partial charge in [-0.2, -0.15) is 0 Å². The van der Waals surface area contributed by atoms with E-state index >= 15 is 0 Å².